The van der Waals surface area contributed by atoms with Crippen LogP contribution in [0.3, 0.4) is 0 Å². The Morgan fingerprint density at radius 2 is 2.08 bits per heavy atom. The van der Waals surface area contributed by atoms with Crippen molar-refractivity contribution in [3.8, 4) is 0 Å². The van der Waals surface area contributed by atoms with Crippen molar-refractivity contribution >= 4 is 21.9 Å². The molecular formula is C16H22N2O5S. The van der Waals surface area contributed by atoms with E-state index in [0.717, 1.165) is 24.7 Å². The van der Waals surface area contributed by atoms with Gasteiger partial charge >= 0.3 is 5.97 Å². The van der Waals surface area contributed by atoms with Crippen LogP contribution in [0.4, 0.5) is 0 Å². The molecule has 0 saturated carbocycles. The molecule has 1 heterocycles. The van der Waals surface area contributed by atoms with Gasteiger partial charge in [-0.05, 0) is 37.0 Å². The first-order valence-corrected chi connectivity index (χ1v) is 9.70. The number of aromatic carboxylic acids is 1. The van der Waals surface area contributed by atoms with E-state index < -0.39 is 22.0 Å². The zero-order valence-corrected chi connectivity index (χ0v) is 14.4. The number of piperidine rings is 1. The van der Waals surface area contributed by atoms with Crippen LogP contribution in [0.5, 0.6) is 0 Å². The van der Waals surface area contributed by atoms with Gasteiger partial charge in [0.25, 0.3) is 0 Å². The molecular weight excluding hydrogens is 332 g/mol. The molecule has 7 nitrogen and oxygen atoms in total. The lowest BCUT2D eigenvalue weighted by atomic mass is 10.0. The quantitative estimate of drug-likeness (QED) is 0.788. The van der Waals surface area contributed by atoms with Gasteiger partial charge in [-0.25, -0.2) is 13.2 Å². The molecule has 24 heavy (non-hydrogen) atoms. The van der Waals surface area contributed by atoms with Crippen LogP contribution in [0, 0.1) is 0 Å². The Hall–Kier alpha value is -1.93. The van der Waals surface area contributed by atoms with Crippen LogP contribution in [-0.2, 0) is 21.2 Å². The Balaban J connectivity index is 1.93. The third kappa shape index (κ3) is 4.78. The van der Waals surface area contributed by atoms with Gasteiger partial charge in [0.1, 0.15) is 6.04 Å². The summed E-state index contributed by atoms with van der Waals surface area (Å²) < 4.78 is 24.8. The zero-order valence-electron chi connectivity index (χ0n) is 13.6. The molecule has 132 valence electrons. The maximum atomic E-state index is 12.3. The van der Waals surface area contributed by atoms with Crippen LogP contribution < -0.4 is 5.32 Å². The molecule has 0 radical (unpaired) electrons. The minimum Gasteiger partial charge on any atom is -0.478 e. The lowest BCUT2D eigenvalue weighted by Crippen LogP contribution is -2.51. The topological polar surface area (TPSA) is 104 Å². The van der Waals surface area contributed by atoms with E-state index in [0.29, 0.717) is 25.9 Å². The van der Waals surface area contributed by atoms with Gasteiger partial charge in [0.2, 0.25) is 15.9 Å². The lowest BCUT2D eigenvalue weighted by molar-refractivity contribution is -0.125. The number of rotatable bonds is 6. The van der Waals surface area contributed by atoms with Gasteiger partial charge in [0.15, 0.2) is 0 Å². The first-order valence-electron chi connectivity index (χ1n) is 7.86. The fraction of sp³-hybridized carbons (Fsp3) is 0.500. The molecule has 0 bridgehead atoms. The first kappa shape index (κ1) is 18.4. The summed E-state index contributed by atoms with van der Waals surface area (Å²) in [5.74, 6) is -1.29. The van der Waals surface area contributed by atoms with E-state index in [1.165, 1.54) is 10.4 Å². The van der Waals surface area contributed by atoms with E-state index in [1.54, 1.807) is 18.2 Å². The van der Waals surface area contributed by atoms with Gasteiger partial charge in [0, 0.05) is 13.1 Å². The monoisotopic (exact) mass is 354 g/mol. The Morgan fingerprint density at radius 1 is 1.33 bits per heavy atom. The summed E-state index contributed by atoms with van der Waals surface area (Å²) in [5.41, 5.74) is 1.01. The van der Waals surface area contributed by atoms with E-state index in [4.69, 9.17) is 5.11 Å². The number of benzene rings is 1. The molecule has 1 aliphatic heterocycles. The summed E-state index contributed by atoms with van der Waals surface area (Å²) >= 11 is 0. The molecule has 2 rings (SSSR count). The van der Waals surface area contributed by atoms with Crippen LogP contribution in [0.15, 0.2) is 24.3 Å². The molecule has 1 aromatic carbocycles. The number of carboxylic acid groups (broad SMARTS) is 1. The SMILES string of the molecule is CS(=O)(=O)N1CCCC[C@@H]1C(=O)NCCc1cccc(C(=O)O)c1. The normalized spacial score (nSPS) is 19.0. The third-order valence-corrected chi connectivity index (χ3v) is 5.36. The van der Waals surface area contributed by atoms with Crippen molar-refractivity contribution in [3.63, 3.8) is 0 Å². The molecule has 0 aromatic heterocycles. The largest absolute Gasteiger partial charge is 0.478 e. The first-order chi connectivity index (χ1) is 11.3. The fourth-order valence-corrected chi connectivity index (χ4v) is 4.00. The summed E-state index contributed by atoms with van der Waals surface area (Å²) in [4.78, 5) is 23.2. The van der Waals surface area contributed by atoms with Crippen molar-refractivity contribution in [2.24, 2.45) is 0 Å². The average Bonchev–Trinajstić information content (AvgIpc) is 2.54. The van der Waals surface area contributed by atoms with Crippen molar-refractivity contribution in [1.82, 2.24) is 9.62 Å². The Labute approximate surface area is 141 Å². The van der Waals surface area contributed by atoms with Gasteiger partial charge in [-0.2, -0.15) is 4.31 Å². The van der Waals surface area contributed by atoms with Crippen molar-refractivity contribution in [2.45, 2.75) is 31.7 Å². The van der Waals surface area contributed by atoms with E-state index in [1.807, 2.05) is 0 Å². The van der Waals surface area contributed by atoms with Gasteiger partial charge in [-0.3, -0.25) is 4.79 Å². The predicted octanol–water partition coefficient (Wildman–Crippen LogP) is 0.858. The molecule has 2 N–H and O–H groups in total. The van der Waals surface area contributed by atoms with Crippen molar-refractivity contribution in [3.05, 3.63) is 35.4 Å². The lowest BCUT2D eigenvalue weighted by Gasteiger charge is -2.32. The summed E-state index contributed by atoms with van der Waals surface area (Å²) in [7, 11) is -3.41. The standard InChI is InChI=1S/C16H22N2O5S/c1-24(22,23)18-10-3-2-7-14(18)15(19)17-9-8-12-5-4-6-13(11-12)16(20)21/h4-6,11,14H,2-3,7-10H2,1H3,(H,17,19)(H,20,21)/t14-/m1/s1. The van der Waals surface area contributed by atoms with Crippen LogP contribution in [-0.4, -0.2) is 55.1 Å². The van der Waals surface area contributed by atoms with E-state index in [-0.39, 0.29) is 11.5 Å². The molecule has 1 fully saturated rings. The maximum Gasteiger partial charge on any atom is 0.335 e. The average molecular weight is 354 g/mol. The number of hydrogen-bond acceptors (Lipinski definition) is 4. The number of carbonyl (C=O) groups is 2. The van der Waals surface area contributed by atoms with Gasteiger partial charge < -0.3 is 10.4 Å². The van der Waals surface area contributed by atoms with Crippen LogP contribution in [0.2, 0.25) is 0 Å². The number of sulfonamides is 1. The second-order valence-corrected chi connectivity index (χ2v) is 7.87. The smallest absolute Gasteiger partial charge is 0.335 e. The van der Waals surface area contributed by atoms with Crippen molar-refractivity contribution in [1.29, 1.82) is 0 Å². The number of nitrogens with zero attached hydrogens (tertiary/aromatic N) is 1. The van der Waals surface area contributed by atoms with Gasteiger partial charge in [-0.1, -0.05) is 18.6 Å². The number of hydrogen-bond donors (Lipinski definition) is 2. The number of nitrogens with one attached hydrogen (secondary N) is 1. The zero-order chi connectivity index (χ0) is 17.7. The van der Waals surface area contributed by atoms with Crippen LogP contribution in [0.25, 0.3) is 0 Å². The molecule has 1 saturated heterocycles. The molecule has 1 atom stereocenters. The van der Waals surface area contributed by atoms with Gasteiger partial charge in [-0.15, -0.1) is 0 Å². The second-order valence-electron chi connectivity index (χ2n) is 5.93. The van der Waals surface area contributed by atoms with Crippen LogP contribution >= 0.6 is 0 Å². The molecule has 8 heteroatoms. The highest BCUT2D eigenvalue weighted by atomic mass is 32.2. The van der Waals surface area contributed by atoms with Crippen molar-refractivity contribution in [2.75, 3.05) is 19.3 Å². The highest BCUT2D eigenvalue weighted by Gasteiger charge is 2.34. The predicted molar refractivity (Wildman–Crippen MR) is 89.3 cm³/mol. The summed E-state index contributed by atoms with van der Waals surface area (Å²) in [6, 6.07) is 5.88. The maximum absolute atomic E-state index is 12.3. The molecule has 1 aromatic rings. The van der Waals surface area contributed by atoms with E-state index in [9.17, 15) is 18.0 Å². The van der Waals surface area contributed by atoms with E-state index >= 15 is 0 Å². The number of carbonyl (C=O) groups excluding carboxylic acids is 1. The molecule has 1 aliphatic rings. The molecule has 0 spiro atoms. The molecule has 0 aliphatic carbocycles. The summed E-state index contributed by atoms with van der Waals surface area (Å²) in [6.07, 6.45) is 3.71. The molecule has 1 amide bonds. The Bertz CT molecular complexity index is 717. The van der Waals surface area contributed by atoms with Crippen molar-refractivity contribution < 1.29 is 23.1 Å². The summed E-state index contributed by atoms with van der Waals surface area (Å²) in [5, 5.41) is 11.7. The highest BCUT2D eigenvalue weighted by Crippen LogP contribution is 2.20. The number of carboxylic acids is 1. The molecule has 0 unspecified atom stereocenters. The number of amides is 1. The van der Waals surface area contributed by atoms with Gasteiger partial charge in [0.05, 0.1) is 11.8 Å². The third-order valence-electron chi connectivity index (χ3n) is 4.07. The minimum atomic E-state index is -3.41. The van der Waals surface area contributed by atoms with Crippen LogP contribution in [0.1, 0.15) is 35.2 Å². The van der Waals surface area contributed by atoms with E-state index in [2.05, 4.69) is 5.32 Å². The minimum absolute atomic E-state index is 0.203. The Morgan fingerprint density at radius 3 is 2.75 bits per heavy atom. The second kappa shape index (κ2) is 7.76. The fourth-order valence-electron chi connectivity index (χ4n) is 2.87. The summed E-state index contributed by atoms with van der Waals surface area (Å²) in [6.45, 7) is 0.702. The highest BCUT2D eigenvalue weighted by molar-refractivity contribution is 7.88. The Kier molecular flexibility index (Phi) is 5.95.